The van der Waals surface area contributed by atoms with Crippen LogP contribution in [0.5, 0.6) is 11.5 Å². The van der Waals surface area contributed by atoms with Crippen LogP contribution in [-0.2, 0) is 4.79 Å². The summed E-state index contributed by atoms with van der Waals surface area (Å²) in [7, 11) is 1.54. The Balaban J connectivity index is 1.58. The van der Waals surface area contributed by atoms with Crippen LogP contribution in [0, 0.1) is 5.82 Å². The number of ether oxygens (including phenoxy) is 2. The van der Waals surface area contributed by atoms with Gasteiger partial charge in [-0.2, -0.15) is 0 Å². The summed E-state index contributed by atoms with van der Waals surface area (Å²) in [5.74, 6) is -0.974. The number of aromatic amines is 1. The minimum absolute atomic E-state index is 0.0717. The molecule has 0 radical (unpaired) electrons. The third kappa shape index (κ3) is 3.38. The smallest absolute Gasteiger partial charge is 0.312 e. The van der Waals surface area contributed by atoms with E-state index in [4.69, 9.17) is 13.9 Å². The highest BCUT2D eigenvalue weighted by Crippen LogP contribution is 2.42. The Bertz CT molecular complexity index is 1820. The molecule has 1 aliphatic heterocycles. The number of methoxy groups -OCH3 is 1. The highest BCUT2D eigenvalue weighted by Gasteiger charge is 2.34. The number of hydrogen-bond donors (Lipinski definition) is 1. The van der Waals surface area contributed by atoms with Crippen molar-refractivity contribution in [3.05, 3.63) is 104 Å². The van der Waals surface area contributed by atoms with Crippen LogP contribution >= 0.6 is 0 Å². The molecule has 7 nitrogen and oxygen atoms in total. The van der Waals surface area contributed by atoms with Crippen LogP contribution in [0.2, 0.25) is 0 Å². The number of nitrogens with one attached hydrogen (secondary N) is 1. The van der Waals surface area contributed by atoms with Gasteiger partial charge in [0.15, 0.2) is 0 Å². The fraction of sp³-hybridized carbons (Fsp3) is 0.107. The summed E-state index contributed by atoms with van der Waals surface area (Å²) in [5.41, 5.74) is 0.896. The third-order valence-corrected chi connectivity index (χ3v) is 6.50. The highest BCUT2D eigenvalue weighted by atomic mass is 19.1. The molecule has 0 fully saturated rings. The van der Waals surface area contributed by atoms with Gasteiger partial charge >= 0.3 is 5.97 Å². The van der Waals surface area contributed by atoms with Gasteiger partial charge in [0.1, 0.15) is 29.2 Å². The SMILES string of the molecule is COc1ccc2cc([C@@H]3CC(=O)Oc4ccc5c(=O)c(-c6ccccc6F)coc5c43)c(=O)[nH]c2c1. The number of fused-ring (bicyclic) bond motifs is 4. The molecule has 3 aromatic carbocycles. The van der Waals surface area contributed by atoms with Crippen molar-refractivity contribution in [1.29, 1.82) is 0 Å². The Morgan fingerprint density at radius 2 is 1.83 bits per heavy atom. The molecule has 5 aromatic rings. The first-order chi connectivity index (χ1) is 17.4. The minimum atomic E-state index is -0.720. The maximum absolute atomic E-state index is 14.4. The molecule has 0 saturated heterocycles. The molecule has 1 atom stereocenters. The minimum Gasteiger partial charge on any atom is -0.497 e. The molecule has 8 heteroatoms. The molecular weight excluding hydrogens is 465 g/mol. The quantitative estimate of drug-likeness (QED) is 0.290. The van der Waals surface area contributed by atoms with E-state index in [2.05, 4.69) is 4.98 Å². The first-order valence-corrected chi connectivity index (χ1v) is 11.2. The number of carbonyl (C=O) groups is 1. The average Bonchev–Trinajstić information content (AvgIpc) is 2.88. The number of H-pyrrole nitrogens is 1. The van der Waals surface area contributed by atoms with Crippen molar-refractivity contribution in [3.63, 3.8) is 0 Å². The van der Waals surface area contributed by atoms with Crippen LogP contribution in [0.1, 0.15) is 23.5 Å². The van der Waals surface area contributed by atoms with Gasteiger partial charge in [0, 0.05) is 28.7 Å². The lowest BCUT2D eigenvalue weighted by atomic mass is 9.85. The summed E-state index contributed by atoms with van der Waals surface area (Å²) in [4.78, 5) is 41.8. The third-order valence-electron chi connectivity index (χ3n) is 6.50. The van der Waals surface area contributed by atoms with Crippen molar-refractivity contribution in [3.8, 4) is 22.6 Å². The fourth-order valence-corrected chi connectivity index (χ4v) is 4.77. The molecule has 1 N–H and O–H groups in total. The topological polar surface area (TPSA) is 98.6 Å². The number of hydrogen-bond acceptors (Lipinski definition) is 6. The molecule has 0 unspecified atom stereocenters. The lowest BCUT2D eigenvalue weighted by Gasteiger charge is -2.25. The molecule has 0 saturated carbocycles. The summed E-state index contributed by atoms with van der Waals surface area (Å²) < 4.78 is 30.9. The van der Waals surface area contributed by atoms with E-state index in [0.717, 1.165) is 5.39 Å². The molecule has 1 aliphatic rings. The second-order valence-electron chi connectivity index (χ2n) is 8.55. The van der Waals surface area contributed by atoms with Gasteiger partial charge in [-0.3, -0.25) is 14.4 Å². The average molecular weight is 483 g/mol. The highest BCUT2D eigenvalue weighted by molar-refractivity contribution is 5.90. The summed E-state index contributed by atoms with van der Waals surface area (Å²) in [6.45, 7) is 0. The Kier molecular flexibility index (Phi) is 4.96. The predicted octanol–water partition coefficient (Wildman–Crippen LogP) is 4.89. The first kappa shape index (κ1) is 21.8. The molecule has 0 aliphatic carbocycles. The fourth-order valence-electron chi connectivity index (χ4n) is 4.77. The van der Waals surface area contributed by atoms with E-state index in [1.807, 2.05) is 0 Å². The van der Waals surface area contributed by atoms with Gasteiger partial charge in [-0.05, 0) is 41.8 Å². The van der Waals surface area contributed by atoms with Gasteiger partial charge in [-0.25, -0.2) is 4.39 Å². The number of carbonyl (C=O) groups excluding carboxylic acids is 1. The number of aromatic nitrogens is 1. The van der Waals surface area contributed by atoms with Crippen LogP contribution < -0.4 is 20.5 Å². The van der Waals surface area contributed by atoms with Crippen molar-refractivity contribution in [1.82, 2.24) is 4.98 Å². The maximum Gasteiger partial charge on any atom is 0.312 e. The summed E-state index contributed by atoms with van der Waals surface area (Å²) in [6.07, 6.45) is 1.09. The van der Waals surface area contributed by atoms with E-state index in [1.54, 1.807) is 30.3 Å². The Morgan fingerprint density at radius 3 is 2.64 bits per heavy atom. The van der Waals surface area contributed by atoms with E-state index in [0.29, 0.717) is 22.4 Å². The van der Waals surface area contributed by atoms with Crippen LogP contribution in [-0.4, -0.2) is 18.1 Å². The van der Waals surface area contributed by atoms with Crippen molar-refractivity contribution in [2.24, 2.45) is 0 Å². The number of benzene rings is 3. The lowest BCUT2D eigenvalue weighted by Crippen LogP contribution is -2.26. The van der Waals surface area contributed by atoms with Crippen molar-refractivity contribution >= 4 is 27.8 Å². The van der Waals surface area contributed by atoms with E-state index in [1.165, 1.54) is 43.7 Å². The lowest BCUT2D eigenvalue weighted by molar-refractivity contribution is -0.135. The van der Waals surface area contributed by atoms with Gasteiger partial charge in [-0.15, -0.1) is 0 Å². The summed E-state index contributed by atoms with van der Waals surface area (Å²) in [6, 6.07) is 15.9. The second-order valence-corrected chi connectivity index (χ2v) is 8.55. The zero-order chi connectivity index (χ0) is 25.0. The van der Waals surface area contributed by atoms with E-state index < -0.39 is 23.1 Å². The molecule has 0 bridgehead atoms. The largest absolute Gasteiger partial charge is 0.497 e. The monoisotopic (exact) mass is 483 g/mol. The standard InChI is InChI=1S/C28H18FNO6/c1-34-15-7-6-14-10-19(28(33)30-22(14)11-15)18-12-24(31)36-23-9-8-17-26(32)20(13-35-27(17)25(18)23)16-4-2-3-5-21(16)29/h2-11,13,18H,12H2,1H3,(H,30,33)/t18-/m0/s1. The maximum atomic E-state index is 14.4. The predicted molar refractivity (Wildman–Crippen MR) is 131 cm³/mol. The van der Waals surface area contributed by atoms with Crippen molar-refractivity contribution in [2.75, 3.05) is 7.11 Å². The van der Waals surface area contributed by atoms with Crippen LogP contribution in [0.3, 0.4) is 0 Å². The van der Waals surface area contributed by atoms with Crippen LogP contribution in [0.15, 0.2) is 80.9 Å². The number of halogens is 1. The normalized spacial score (nSPS) is 15.1. The molecule has 6 rings (SSSR count). The molecule has 2 aromatic heterocycles. The van der Waals surface area contributed by atoms with Gasteiger partial charge in [0.25, 0.3) is 5.56 Å². The van der Waals surface area contributed by atoms with E-state index in [9.17, 15) is 18.8 Å². The van der Waals surface area contributed by atoms with E-state index >= 15 is 0 Å². The van der Waals surface area contributed by atoms with Crippen LogP contribution in [0.4, 0.5) is 4.39 Å². The molecule has 3 heterocycles. The molecule has 0 spiro atoms. The molecular formula is C28H18FNO6. The van der Waals surface area contributed by atoms with Gasteiger partial charge in [-0.1, -0.05) is 18.2 Å². The van der Waals surface area contributed by atoms with E-state index in [-0.39, 0.29) is 39.8 Å². The number of esters is 1. The Morgan fingerprint density at radius 1 is 1.00 bits per heavy atom. The number of pyridine rings is 1. The zero-order valence-electron chi connectivity index (χ0n) is 19.0. The molecule has 36 heavy (non-hydrogen) atoms. The van der Waals surface area contributed by atoms with Crippen molar-refractivity contribution in [2.45, 2.75) is 12.3 Å². The Hall–Kier alpha value is -4.72. The summed E-state index contributed by atoms with van der Waals surface area (Å²) in [5, 5.41) is 0.939. The second kappa shape index (κ2) is 8.20. The zero-order valence-corrected chi connectivity index (χ0v) is 19.0. The molecule has 178 valence electrons. The van der Waals surface area contributed by atoms with Crippen molar-refractivity contribution < 1.29 is 23.1 Å². The number of rotatable bonds is 3. The van der Waals surface area contributed by atoms with Gasteiger partial charge < -0.3 is 18.9 Å². The summed E-state index contributed by atoms with van der Waals surface area (Å²) >= 11 is 0. The first-order valence-electron chi connectivity index (χ1n) is 11.2. The molecule has 0 amide bonds. The Labute approximate surface area is 202 Å². The van der Waals surface area contributed by atoms with Crippen LogP contribution in [0.25, 0.3) is 33.0 Å². The van der Waals surface area contributed by atoms with Gasteiger partial charge in [0.2, 0.25) is 5.43 Å². The van der Waals surface area contributed by atoms with Gasteiger partial charge in [0.05, 0.1) is 30.0 Å².